The number of carbonyl (C=O) groups excluding carboxylic acids is 1. The van der Waals surface area contributed by atoms with Crippen LogP contribution in [0.1, 0.15) is 46.6 Å². The van der Waals surface area contributed by atoms with Crippen LogP contribution in [-0.2, 0) is 13.0 Å². The number of fused-ring (bicyclic) bond motifs is 3. The van der Waals surface area contributed by atoms with Gasteiger partial charge in [0.15, 0.2) is 6.17 Å². The number of furan rings is 1. The summed E-state index contributed by atoms with van der Waals surface area (Å²) in [7, 11) is 0. The topological polar surface area (TPSA) is 57.5 Å². The second-order valence-corrected chi connectivity index (χ2v) is 8.86. The molecular formula is C22H22FN3O2S. The first-order valence-electron chi connectivity index (χ1n) is 9.82. The smallest absolute Gasteiger partial charge is 0.256 e. The Kier molecular flexibility index (Phi) is 4.44. The fourth-order valence-electron chi connectivity index (χ4n) is 4.03. The van der Waals surface area contributed by atoms with E-state index in [-0.39, 0.29) is 11.7 Å². The maximum atomic E-state index is 14.1. The Balaban J connectivity index is 1.43. The van der Waals surface area contributed by atoms with Gasteiger partial charge in [0.05, 0.1) is 11.1 Å². The molecule has 29 heavy (non-hydrogen) atoms. The first-order valence-corrected chi connectivity index (χ1v) is 10.6. The normalized spacial score (nSPS) is 18.9. The van der Waals surface area contributed by atoms with Crippen molar-refractivity contribution >= 4 is 22.2 Å². The minimum atomic E-state index is -0.475. The molecule has 2 aromatic heterocycles. The van der Waals surface area contributed by atoms with Crippen LogP contribution in [0.5, 0.6) is 0 Å². The lowest BCUT2D eigenvalue weighted by Gasteiger charge is -2.30. The van der Waals surface area contributed by atoms with Gasteiger partial charge in [0.25, 0.3) is 5.91 Å². The lowest BCUT2D eigenvalue weighted by molar-refractivity contribution is 0.0930. The summed E-state index contributed by atoms with van der Waals surface area (Å²) < 4.78 is 19.9. The van der Waals surface area contributed by atoms with Gasteiger partial charge in [-0.05, 0) is 50.1 Å². The number of benzene rings is 1. The van der Waals surface area contributed by atoms with Crippen molar-refractivity contribution in [1.82, 2.24) is 10.2 Å². The Bertz CT molecular complexity index is 1090. The zero-order chi connectivity index (χ0) is 20.1. The van der Waals surface area contributed by atoms with E-state index in [0.29, 0.717) is 23.1 Å². The minimum Gasteiger partial charge on any atom is -0.457 e. The van der Waals surface area contributed by atoms with Crippen molar-refractivity contribution in [3.63, 3.8) is 0 Å². The molecule has 5 rings (SSSR count). The van der Waals surface area contributed by atoms with Crippen molar-refractivity contribution < 1.29 is 13.6 Å². The van der Waals surface area contributed by atoms with E-state index in [1.807, 2.05) is 0 Å². The van der Waals surface area contributed by atoms with Crippen LogP contribution in [0.3, 0.4) is 0 Å². The summed E-state index contributed by atoms with van der Waals surface area (Å²) in [5.74, 6) is 0.579. The number of rotatable bonds is 3. The number of hydrogen-bond acceptors (Lipinski definition) is 5. The Morgan fingerprint density at radius 1 is 1.21 bits per heavy atom. The molecule has 5 nitrogen and oxygen atoms in total. The first kappa shape index (κ1) is 18.4. The van der Waals surface area contributed by atoms with Crippen LogP contribution < -0.4 is 10.6 Å². The Morgan fingerprint density at radius 3 is 2.83 bits per heavy atom. The van der Waals surface area contributed by atoms with Crippen LogP contribution in [-0.4, -0.2) is 23.4 Å². The standard InChI is InChI=1S/C22H22FN3O2S/c1-12(2)26-10-9-14-18(11-26)29-22-19(14)21(27)24-20(25-22)17-8-7-16(28-17)13-5-3-4-6-15(13)23/h3-8,12,20,25H,9-11H2,1-2H3,(H,24,27)/t20-/m0/s1. The van der Waals surface area contributed by atoms with Crippen LogP contribution in [0.25, 0.3) is 11.3 Å². The van der Waals surface area contributed by atoms with Gasteiger partial charge in [-0.3, -0.25) is 9.69 Å². The first-order chi connectivity index (χ1) is 14.0. The Hall–Kier alpha value is -2.64. The van der Waals surface area contributed by atoms with E-state index in [9.17, 15) is 9.18 Å². The average Bonchev–Trinajstić information content (AvgIpc) is 3.32. The summed E-state index contributed by atoms with van der Waals surface area (Å²) in [4.78, 5) is 16.6. The molecule has 7 heteroatoms. The highest BCUT2D eigenvalue weighted by molar-refractivity contribution is 7.16. The van der Waals surface area contributed by atoms with E-state index in [4.69, 9.17) is 4.42 Å². The molecule has 4 heterocycles. The van der Waals surface area contributed by atoms with E-state index in [1.54, 1.807) is 41.7 Å². The van der Waals surface area contributed by atoms with Crippen molar-refractivity contribution in [3.05, 3.63) is 64.0 Å². The Labute approximate surface area is 172 Å². The highest BCUT2D eigenvalue weighted by Gasteiger charge is 2.34. The number of thiophene rings is 1. The molecule has 0 bridgehead atoms. The van der Waals surface area contributed by atoms with Crippen molar-refractivity contribution in [2.24, 2.45) is 0 Å². The predicted octanol–water partition coefficient (Wildman–Crippen LogP) is 4.77. The van der Waals surface area contributed by atoms with E-state index in [2.05, 4.69) is 29.4 Å². The third kappa shape index (κ3) is 3.14. The summed E-state index contributed by atoms with van der Waals surface area (Å²) in [5, 5.41) is 7.29. The number of amides is 1. The van der Waals surface area contributed by atoms with E-state index in [0.717, 1.165) is 35.6 Å². The van der Waals surface area contributed by atoms with Gasteiger partial charge in [0.1, 0.15) is 22.3 Å². The molecule has 0 saturated heterocycles. The molecule has 2 aliphatic heterocycles. The maximum Gasteiger partial charge on any atom is 0.256 e. The number of hydrogen-bond donors (Lipinski definition) is 2. The molecule has 0 saturated carbocycles. The van der Waals surface area contributed by atoms with Gasteiger partial charge in [-0.25, -0.2) is 4.39 Å². The fourth-order valence-corrected chi connectivity index (χ4v) is 5.33. The van der Waals surface area contributed by atoms with Gasteiger partial charge in [-0.1, -0.05) is 12.1 Å². The van der Waals surface area contributed by atoms with Gasteiger partial charge in [0, 0.05) is 24.0 Å². The molecule has 0 fully saturated rings. The fraction of sp³-hybridized carbons (Fsp3) is 0.318. The summed E-state index contributed by atoms with van der Waals surface area (Å²) >= 11 is 1.65. The third-order valence-electron chi connectivity index (χ3n) is 5.65. The molecule has 2 aliphatic rings. The quantitative estimate of drug-likeness (QED) is 0.652. The molecule has 0 unspecified atom stereocenters. The number of carbonyl (C=O) groups is 1. The highest BCUT2D eigenvalue weighted by atomic mass is 32.1. The second-order valence-electron chi connectivity index (χ2n) is 7.75. The van der Waals surface area contributed by atoms with Crippen molar-refractivity contribution in [2.75, 3.05) is 11.9 Å². The van der Waals surface area contributed by atoms with Gasteiger partial charge < -0.3 is 15.1 Å². The lowest BCUT2D eigenvalue weighted by Crippen LogP contribution is -2.39. The zero-order valence-electron chi connectivity index (χ0n) is 16.3. The molecular weight excluding hydrogens is 389 g/mol. The van der Waals surface area contributed by atoms with Crippen LogP contribution in [0, 0.1) is 5.82 Å². The van der Waals surface area contributed by atoms with E-state index >= 15 is 0 Å². The van der Waals surface area contributed by atoms with Crippen molar-refractivity contribution in [1.29, 1.82) is 0 Å². The lowest BCUT2D eigenvalue weighted by atomic mass is 10.0. The minimum absolute atomic E-state index is 0.0805. The molecule has 0 radical (unpaired) electrons. The molecule has 150 valence electrons. The summed E-state index contributed by atoms with van der Waals surface area (Å²) in [5.41, 5.74) is 2.34. The summed E-state index contributed by atoms with van der Waals surface area (Å²) in [6.07, 6.45) is 0.411. The number of anilines is 1. The third-order valence-corrected chi connectivity index (χ3v) is 6.79. The number of nitrogens with zero attached hydrogens (tertiary/aromatic N) is 1. The number of nitrogens with one attached hydrogen (secondary N) is 2. The highest BCUT2D eigenvalue weighted by Crippen LogP contribution is 2.41. The Morgan fingerprint density at radius 2 is 2.03 bits per heavy atom. The molecule has 3 aromatic rings. The SMILES string of the molecule is CC(C)N1CCc2c(sc3c2C(=O)N[C@H](c2ccc(-c4ccccc4F)o2)N3)C1. The second kappa shape index (κ2) is 7.00. The monoisotopic (exact) mass is 411 g/mol. The molecule has 1 aromatic carbocycles. The van der Waals surface area contributed by atoms with Gasteiger partial charge in [0.2, 0.25) is 0 Å². The maximum absolute atomic E-state index is 14.1. The molecule has 0 aliphatic carbocycles. The van der Waals surface area contributed by atoms with Gasteiger partial charge in [-0.15, -0.1) is 11.3 Å². The predicted molar refractivity (Wildman–Crippen MR) is 112 cm³/mol. The van der Waals surface area contributed by atoms with Crippen LogP contribution >= 0.6 is 11.3 Å². The number of halogens is 1. The van der Waals surface area contributed by atoms with E-state index < -0.39 is 6.17 Å². The van der Waals surface area contributed by atoms with Crippen LogP contribution in [0.2, 0.25) is 0 Å². The largest absolute Gasteiger partial charge is 0.457 e. The van der Waals surface area contributed by atoms with Crippen LogP contribution in [0.4, 0.5) is 9.39 Å². The zero-order valence-corrected chi connectivity index (χ0v) is 17.1. The van der Waals surface area contributed by atoms with E-state index in [1.165, 1.54) is 10.9 Å². The van der Waals surface area contributed by atoms with Gasteiger partial charge in [-0.2, -0.15) is 0 Å². The van der Waals surface area contributed by atoms with Crippen molar-refractivity contribution in [2.45, 2.75) is 39.0 Å². The van der Waals surface area contributed by atoms with Crippen LogP contribution in [0.15, 0.2) is 40.8 Å². The average molecular weight is 412 g/mol. The molecule has 1 amide bonds. The molecule has 2 N–H and O–H groups in total. The van der Waals surface area contributed by atoms with Gasteiger partial charge >= 0.3 is 0 Å². The molecule has 0 spiro atoms. The summed E-state index contributed by atoms with van der Waals surface area (Å²) in [6.45, 7) is 6.24. The summed E-state index contributed by atoms with van der Waals surface area (Å²) in [6, 6.07) is 10.5. The van der Waals surface area contributed by atoms with Crippen molar-refractivity contribution in [3.8, 4) is 11.3 Å². The molecule has 1 atom stereocenters.